The van der Waals surface area contributed by atoms with Gasteiger partial charge >= 0.3 is 12.3 Å². The SMILES string of the molecule is COC(=O)c1cc(C(F)F)c(OC(F)(F)F)nc1I. The lowest BCUT2D eigenvalue weighted by Gasteiger charge is -2.13. The third kappa shape index (κ3) is 4.14. The van der Waals surface area contributed by atoms with Crippen LogP contribution in [-0.2, 0) is 4.74 Å². The van der Waals surface area contributed by atoms with Crippen LogP contribution in [0.15, 0.2) is 6.07 Å². The van der Waals surface area contributed by atoms with Crippen molar-refractivity contribution in [1.82, 2.24) is 4.98 Å². The average molecular weight is 397 g/mol. The fourth-order valence-electron chi connectivity index (χ4n) is 1.09. The summed E-state index contributed by atoms with van der Waals surface area (Å²) >= 11 is 1.41. The van der Waals surface area contributed by atoms with E-state index in [1.807, 2.05) is 0 Å². The van der Waals surface area contributed by atoms with Gasteiger partial charge in [0.2, 0.25) is 5.88 Å². The molecule has 0 aromatic carbocycles. The maximum Gasteiger partial charge on any atom is 0.574 e. The normalized spacial score (nSPS) is 11.6. The Labute approximate surface area is 117 Å². The smallest absolute Gasteiger partial charge is 0.465 e. The summed E-state index contributed by atoms with van der Waals surface area (Å²) in [5.74, 6) is -2.28. The van der Waals surface area contributed by atoms with E-state index in [9.17, 15) is 26.7 Å². The van der Waals surface area contributed by atoms with E-state index in [0.717, 1.165) is 7.11 Å². The summed E-state index contributed by atoms with van der Waals surface area (Å²) in [4.78, 5) is 14.4. The van der Waals surface area contributed by atoms with Crippen LogP contribution in [0.3, 0.4) is 0 Å². The molecule has 10 heteroatoms. The fourth-order valence-corrected chi connectivity index (χ4v) is 1.69. The molecule has 4 nitrogen and oxygen atoms in total. The molecule has 0 unspecified atom stereocenters. The predicted molar refractivity (Wildman–Crippen MR) is 59.9 cm³/mol. The van der Waals surface area contributed by atoms with E-state index in [1.165, 1.54) is 22.6 Å². The van der Waals surface area contributed by atoms with Crippen LogP contribution in [0.5, 0.6) is 5.88 Å². The monoisotopic (exact) mass is 397 g/mol. The van der Waals surface area contributed by atoms with E-state index >= 15 is 0 Å². The number of nitrogens with zero attached hydrogens (tertiary/aromatic N) is 1. The highest BCUT2D eigenvalue weighted by molar-refractivity contribution is 14.1. The largest absolute Gasteiger partial charge is 0.574 e. The second-order valence-corrected chi connectivity index (χ2v) is 4.08. The Balaban J connectivity index is 3.33. The van der Waals surface area contributed by atoms with Gasteiger partial charge in [0.05, 0.1) is 18.2 Å². The van der Waals surface area contributed by atoms with Crippen LogP contribution in [0.4, 0.5) is 22.0 Å². The highest BCUT2D eigenvalue weighted by atomic mass is 127. The van der Waals surface area contributed by atoms with Gasteiger partial charge in [-0.1, -0.05) is 0 Å². The number of hydrogen-bond donors (Lipinski definition) is 0. The fraction of sp³-hybridized carbons (Fsp3) is 0.333. The van der Waals surface area contributed by atoms with Crippen molar-refractivity contribution in [3.63, 3.8) is 0 Å². The number of aromatic nitrogens is 1. The van der Waals surface area contributed by atoms with Crippen LogP contribution >= 0.6 is 22.6 Å². The molecule has 0 aliphatic carbocycles. The summed E-state index contributed by atoms with van der Waals surface area (Å²) in [7, 11) is 1.00. The molecule has 1 aromatic heterocycles. The van der Waals surface area contributed by atoms with Gasteiger partial charge in [-0.3, -0.25) is 0 Å². The molecule has 0 aliphatic heterocycles. The molecule has 0 atom stereocenters. The molecule has 0 saturated heterocycles. The average Bonchev–Trinajstić information content (AvgIpc) is 2.25. The number of carbonyl (C=O) groups excluding carboxylic acids is 1. The number of ether oxygens (including phenoxy) is 2. The summed E-state index contributed by atoms with van der Waals surface area (Å²) in [5, 5.41) is 0. The van der Waals surface area contributed by atoms with Gasteiger partial charge in [0.25, 0.3) is 6.43 Å². The highest BCUT2D eigenvalue weighted by Gasteiger charge is 2.35. The van der Waals surface area contributed by atoms with Crippen molar-refractivity contribution in [2.45, 2.75) is 12.8 Å². The number of halogens is 6. The second kappa shape index (κ2) is 5.84. The van der Waals surface area contributed by atoms with E-state index in [4.69, 9.17) is 0 Å². The minimum atomic E-state index is -5.16. The van der Waals surface area contributed by atoms with E-state index in [2.05, 4.69) is 14.5 Å². The lowest BCUT2D eigenvalue weighted by molar-refractivity contribution is -0.276. The summed E-state index contributed by atoms with van der Waals surface area (Å²) in [5.41, 5.74) is -1.51. The topological polar surface area (TPSA) is 48.4 Å². The van der Waals surface area contributed by atoms with Crippen molar-refractivity contribution >= 4 is 28.6 Å². The lowest BCUT2D eigenvalue weighted by Crippen LogP contribution is -2.20. The van der Waals surface area contributed by atoms with Crippen LogP contribution in [0.25, 0.3) is 0 Å². The molecule has 19 heavy (non-hydrogen) atoms. The van der Waals surface area contributed by atoms with E-state index in [-0.39, 0.29) is 9.26 Å². The zero-order valence-corrected chi connectivity index (χ0v) is 11.3. The maximum atomic E-state index is 12.6. The van der Waals surface area contributed by atoms with Crippen molar-refractivity contribution in [3.8, 4) is 5.88 Å². The molecule has 1 aromatic rings. The molecule has 0 spiro atoms. The molecule has 0 radical (unpaired) electrons. The Kier molecular flexibility index (Phi) is 4.87. The zero-order chi connectivity index (χ0) is 14.8. The first kappa shape index (κ1) is 15.9. The van der Waals surface area contributed by atoms with E-state index in [1.54, 1.807) is 0 Å². The van der Waals surface area contributed by atoms with Crippen LogP contribution in [0, 0.1) is 3.70 Å². The molecule has 106 valence electrons. The summed E-state index contributed by atoms with van der Waals surface area (Å²) in [6.45, 7) is 0. The van der Waals surface area contributed by atoms with Gasteiger partial charge in [0.15, 0.2) is 0 Å². The maximum absolute atomic E-state index is 12.6. The van der Waals surface area contributed by atoms with E-state index in [0.29, 0.717) is 6.07 Å². The number of carbonyl (C=O) groups is 1. The first-order chi connectivity index (χ1) is 8.65. The number of hydrogen-bond acceptors (Lipinski definition) is 4. The number of methoxy groups -OCH3 is 1. The molecule has 1 rings (SSSR count). The molecular weight excluding hydrogens is 392 g/mol. The third-order valence-corrected chi connectivity index (χ3v) is 2.64. The van der Waals surface area contributed by atoms with Crippen LogP contribution in [-0.4, -0.2) is 24.4 Å². The minimum absolute atomic E-state index is 0.242. The van der Waals surface area contributed by atoms with Gasteiger partial charge < -0.3 is 9.47 Å². The number of pyridine rings is 1. The van der Waals surface area contributed by atoms with Crippen molar-refractivity contribution in [1.29, 1.82) is 0 Å². The quantitative estimate of drug-likeness (QED) is 0.340. The number of alkyl halides is 5. The van der Waals surface area contributed by atoms with Crippen molar-refractivity contribution in [2.75, 3.05) is 7.11 Å². The zero-order valence-electron chi connectivity index (χ0n) is 9.09. The summed E-state index contributed by atoms with van der Waals surface area (Å²) < 4.78 is 68.9. The molecular formula is C9H5F5INO3. The second-order valence-electron chi connectivity index (χ2n) is 3.06. The van der Waals surface area contributed by atoms with Crippen LogP contribution in [0.2, 0.25) is 0 Å². The lowest BCUT2D eigenvalue weighted by atomic mass is 10.2. The molecule has 0 aliphatic rings. The summed E-state index contributed by atoms with van der Waals surface area (Å²) in [6.07, 6.45) is -8.45. The van der Waals surface area contributed by atoms with Gasteiger partial charge in [-0.2, -0.15) is 0 Å². The van der Waals surface area contributed by atoms with Gasteiger partial charge in [-0.25, -0.2) is 18.6 Å². The van der Waals surface area contributed by atoms with Crippen molar-refractivity contribution in [3.05, 3.63) is 20.9 Å². The predicted octanol–water partition coefficient (Wildman–Crippen LogP) is 3.31. The van der Waals surface area contributed by atoms with Crippen molar-refractivity contribution in [2.24, 2.45) is 0 Å². The minimum Gasteiger partial charge on any atom is -0.465 e. The Morgan fingerprint density at radius 1 is 1.42 bits per heavy atom. The van der Waals surface area contributed by atoms with Crippen LogP contribution < -0.4 is 4.74 Å². The molecule has 0 saturated carbocycles. The Morgan fingerprint density at radius 2 is 2.00 bits per heavy atom. The Morgan fingerprint density at radius 3 is 2.42 bits per heavy atom. The Hall–Kier alpha value is -1.20. The number of rotatable bonds is 3. The van der Waals surface area contributed by atoms with E-state index < -0.39 is 30.2 Å². The summed E-state index contributed by atoms with van der Waals surface area (Å²) in [6, 6.07) is 0.562. The first-order valence-electron chi connectivity index (χ1n) is 4.48. The van der Waals surface area contributed by atoms with Gasteiger partial charge in [0, 0.05) is 0 Å². The standard InChI is InChI=1S/C9H5F5INO3/c1-18-8(17)4-2-3(5(10)11)7(16-6(4)15)19-9(12,13)14/h2,5H,1H3. The molecule has 0 bridgehead atoms. The molecule has 1 heterocycles. The number of esters is 1. The third-order valence-electron chi connectivity index (χ3n) is 1.82. The van der Waals surface area contributed by atoms with Gasteiger partial charge in [-0.15, -0.1) is 13.2 Å². The molecule has 0 fully saturated rings. The van der Waals surface area contributed by atoms with Gasteiger partial charge in [-0.05, 0) is 28.7 Å². The van der Waals surface area contributed by atoms with Gasteiger partial charge in [0.1, 0.15) is 3.70 Å². The first-order valence-corrected chi connectivity index (χ1v) is 5.56. The van der Waals surface area contributed by atoms with Crippen molar-refractivity contribution < 1.29 is 36.2 Å². The highest BCUT2D eigenvalue weighted by Crippen LogP contribution is 2.33. The Bertz CT molecular complexity index is 491. The van der Waals surface area contributed by atoms with Crippen LogP contribution in [0.1, 0.15) is 22.3 Å². The molecule has 0 N–H and O–H groups in total. The molecule has 0 amide bonds.